The third-order valence-electron chi connectivity index (χ3n) is 5.17. The van der Waals surface area contributed by atoms with Crippen LogP contribution in [0.5, 0.6) is 0 Å². The minimum atomic E-state index is 0. The molecular weight excluding hydrogens is 362 g/mol. The van der Waals surface area contributed by atoms with Gasteiger partial charge >= 0.3 is 0 Å². The molecule has 0 bridgehead atoms. The minimum absolute atomic E-state index is 0. The molecule has 0 spiro atoms. The zero-order valence-electron chi connectivity index (χ0n) is 15.8. The average molecular weight is 386 g/mol. The van der Waals surface area contributed by atoms with Crippen LogP contribution >= 0.6 is 0 Å². The molecule has 0 N–H and O–H groups in total. The van der Waals surface area contributed by atoms with Crippen LogP contribution in [0.1, 0.15) is 5.56 Å². The molecule has 0 aromatic heterocycles. The fraction of sp³-hybridized carbons (Fsp3) is 0.0769. The molecule has 0 atom stereocenters. The van der Waals surface area contributed by atoms with Crippen molar-refractivity contribution in [2.45, 2.75) is 6.42 Å². The third-order valence-corrected chi connectivity index (χ3v) is 5.17. The summed E-state index contributed by atoms with van der Waals surface area (Å²) in [6.45, 7) is 0.960. The van der Waals surface area contributed by atoms with E-state index in [9.17, 15) is 0 Å². The van der Waals surface area contributed by atoms with Crippen molar-refractivity contribution >= 4 is 17.1 Å². The summed E-state index contributed by atoms with van der Waals surface area (Å²) in [7, 11) is 0. The van der Waals surface area contributed by atoms with Gasteiger partial charge in [0.05, 0.1) is 6.54 Å². The van der Waals surface area contributed by atoms with E-state index in [-0.39, 0.29) is 12.4 Å². The Morgan fingerprint density at radius 2 is 0.750 bits per heavy atom. The van der Waals surface area contributed by atoms with Crippen LogP contribution in [0, 0.1) is 0 Å². The van der Waals surface area contributed by atoms with Gasteiger partial charge in [-0.05, 0) is 42.0 Å². The van der Waals surface area contributed by atoms with Crippen LogP contribution in [0.15, 0.2) is 121 Å². The minimum Gasteiger partial charge on any atom is -1.00 e. The molecule has 0 aliphatic carbocycles. The number of halogens is 1. The molecule has 0 fully saturated rings. The summed E-state index contributed by atoms with van der Waals surface area (Å²) in [5, 5.41) is 0. The van der Waals surface area contributed by atoms with Crippen molar-refractivity contribution in [3.63, 3.8) is 0 Å². The van der Waals surface area contributed by atoms with Crippen LogP contribution in [0.2, 0.25) is 0 Å². The third kappa shape index (κ3) is 4.01. The van der Waals surface area contributed by atoms with Crippen LogP contribution in [-0.2, 0) is 6.42 Å². The van der Waals surface area contributed by atoms with Gasteiger partial charge < -0.3 is 12.4 Å². The first kappa shape index (κ1) is 19.9. The number of rotatable bonds is 6. The summed E-state index contributed by atoms with van der Waals surface area (Å²) >= 11 is 0. The van der Waals surface area contributed by atoms with Crippen molar-refractivity contribution in [2.24, 2.45) is 0 Å². The van der Waals surface area contributed by atoms with Crippen molar-refractivity contribution in [3.8, 4) is 0 Å². The van der Waals surface area contributed by atoms with E-state index in [1.807, 2.05) is 0 Å². The summed E-state index contributed by atoms with van der Waals surface area (Å²) in [5.74, 6) is 0. The van der Waals surface area contributed by atoms with E-state index in [0.717, 1.165) is 13.0 Å². The second kappa shape index (κ2) is 9.36. The molecule has 4 aromatic carbocycles. The average Bonchev–Trinajstić information content (AvgIpc) is 2.77. The van der Waals surface area contributed by atoms with Gasteiger partial charge in [0.2, 0.25) is 0 Å². The van der Waals surface area contributed by atoms with Crippen LogP contribution < -0.4 is 16.9 Å². The van der Waals surface area contributed by atoms with Crippen LogP contribution in [0.25, 0.3) is 0 Å². The SMILES string of the molecule is [Cl-].c1ccc(CC[N+](c2ccccc2)(c2ccccc2)c2ccccc2)cc1. The van der Waals surface area contributed by atoms with E-state index in [1.54, 1.807) is 0 Å². The Morgan fingerprint density at radius 1 is 0.429 bits per heavy atom. The van der Waals surface area contributed by atoms with Gasteiger partial charge in [0, 0.05) is 6.42 Å². The molecule has 0 amide bonds. The van der Waals surface area contributed by atoms with Crippen molar-refractivity contribution < 1.29 is 12.4 Å². The maximum absolute atomic E-state index is 2.24. The lowest BCUT2D eigenvalue weighted by atomic mass is 10.1. The number of quaternary nitrogens is 1. The first-order valence-corrected chi connectivity index (χ1v) is 9.48. The molecule has 0 heterocycles. The summed E-state index contributed by atoms with van der Waals surface area (Å²) in [6, 6.07) is 43.3. The Labute approximate surface area is 173 Å². The molecule has 0 aliphatic rings. The smallest absolute Gasteiger partial charge is 0.143 e. The van der Waals surface area contributed by atoms with Crippen LogP contribution in [0.4, 0.5) is 17.1 Å². The quantitative estimate of drug-likeness (QED) is 0.441. The van der Waals surface area contributed by atoms with Crippen molar-refractivity contribution in [1.29, 1.82) is 0 Å². The second-order valence-corrected chi connectivity index (χ2v) is 6.78. The molecule has 28 heavy (non-hydrogen) atoms. The summed E-state index contributed by atoms with van der Waals surface area (Å²) in [5.41, 5.74) is 5.21. The highest BCUT2D eigenvalue weighted by Crippen LogP contribution is 2.43. The zero-order valence-corrected chi connectivity index (χ0v) is 16.5. The standard InChI is InChI=1S/C26H24N.ClH/c1-5-13-23(14-6-1)21-22-27(24-15-7-2-8-16-24,25-17-9-3-10-18-25)26-19-11-4-12-20-26;/h1-20H,21-22H2;1H/q+1;/p-1. The maximum atomic E-state index is 2.24. The molecule has 140 valence electrons. The van der Waals surface area contributed by atoms with Gasteiger partial charge in [-0.15, -0.1) is 0 Å². The van der Waals surface area contributed by atoms with Gasteiger partial charge in [0.1, 0.15) is 17.1 Å². The first-order chi connectivity index (χ1) is 13.4. The number of para-hydroxylation sites is 3. The van der Waals surface area contributed by atoms with Crippen molar-refractivity contribution in [3.05, 3.63) is 127 Å². The van der Waals surface area contributed by atoms with E-state index >= 15 is 0 Å². The molecule has 0 saturated heterocycles. The van der Waals surface area contributed by atoms with Gasteiger partial charge in [-0.25, -0.2) is 4.48 Å². The Morgan fingerprint density at radius 3 is 1.11 bits per heavy atom. The monoisotopic (exact) mass is 385 g/mol. The second-order valence-electron chi connectivity index (χ2n) is 6.78. The molecule has 0 radical (unpaired) electrons. The lowest BCUT2D eigenvalue weighted by molar-refractivity contribution is -0.00000526. The fourth-order valence-corrected chi connectivity index (χ4v) is 3.82. The van der Waals surface area contributed by atoms with Gasteiger partial charge in [-0.1, -0.05) is 84.9 Å². The Balaban J connectivity index is 0.00000225. The Hall–Kier alpha value is -2.87. The van der Waals surface area contributed by atoms with Crippen molar-refractivity contribution in [2.75, 3.05) is 6.54 Å². The lowest BCUT2D eigenvalue weighted by Gasteiger charge is -2.37. The van der Waals surface area contributed by atoms with E-state index in [2.05, 4.69) is 121 Å². The van der Waals surface area contributed by atoms with E-state index in [0.29, 0.717) is 4.48 Å². The largest absolute Gasteiger partial charge is 1.00 e. The number of nitrogens with zero attached hydrogens (tertiary/aromatic N) is 1. The molecule has 0 saturated carbocycles. The highest BCUT2D eigenvalue weighted by Gasteiger charge is 2.35. The summed E-state index contributed by atoms with van der Waals surface area (Å²) in [6.07, 6.45) is 1.000. The number of hydrogen-bond donors (Lipinski definition) is 0. The predicted molar refractivity (Wildman–Crippen MR) is 115 cm³/mol. The van der Waals surface area contributed by atoms with E-state index in [4.69, 9.17) is 0 Å². The molecule has 1 nitrogen and oxygen atoms in total. The topological polar surface area (TPSA) is 0 Å². The summed E-state index contributed by atoms with van der Waals surface area (Å²) < 4.78 is 0.706. The number of hydrogen-bond acceptors (Lipinski definition) is 0. The van der Waals surface area contributed by atoms with Gasteiger partial charge in [-0.3, -0.25) is 0 Å². The van der Waals surface area contributed by atoms with Crippen LogP contribution in [-0.4, -0.2) is 6.54 Å². The van der Waals surface area contributed by atoms with E-state index < -0.39 is 0 Å². The Kier molecular flexibility index (Phi) is 6.65. The highest BCUT2D eigenvalue weighted by atomic mass is 35.5. The maximum Gasteiger partial charge on any atom is 0.143 e. The molecular formula is C26H24ClN. The van der Waals surface area contributed by atoms with Crippen LogP contribution in [0.3, 0.4) is 0 Å². The first-order valence-electron chi connectivity index (χ1n) is 9.48. The van der Waals surface area contributed by atoms with Gasteiger partial charge in [0.15, 0.2) is 0 Å². The highest BCUT2D eigenvalue weighted by molar-refractivity contribution is 5.70. The molecule has 0 unspecified atom stereocenters. The van der Waals surface area contributed by atoms with E-state index in [1.165, 1.54) is 22.6 Å². The number of benzene rings is 4. The van der Waals surface area contributed by atoms with Crippen molar-refractivity contribution in [1.82, 2.24) is 4.48 Å². The fourth-order valence-electron chi connectivity index (χ4n) is 3.82. The molecule has 0 aliphatic heterocycles. The molecule has 2 heteroatoms. The lowest BCUT2D eigenvalue weighted by Crippen LogP contribution is -3.00. The van der Waals surface area contributed by atoms with Gasteiger partial charge in [0.25, 0.3) is 0 Å². The molecule has 4 aromatic rings. The molecule has 4 rings (SSSR count). The Bertz CT molecular complexity index is 858. The van der Waals surface area contributed by atoms with Gasteiger partial charge in [-0.2, -0.15) is 0 Å². The zero-order chi connectivity index (χ0) is 18.4. The summed E-state index contributed by atoms with van der Waals surface area (Å²) in [4.78, 5) is 0. The predicted octanol–water partition coefficient (Wildman–Crippen LogP) is 3.90. The normalized spacial score (nSPS) is 10.9.